The largest absolute Gasteiger partial charge is 0.496 e. The second-order valence-corrected chi connectivity index (χ2v) is 4.52. The van der Waals surface area contributed by atoms with Crippen molar-refractivity contribution in [1.82, 2.24) is 4.57 Å². The second-order valence-electron chi connectivity index (χ2n) is 4.11. The molecule has 20 heavy (non-hydrogen) atoms. The molecule has 0 radical (unpaired) electrons. The van der Waals surface area contributed by atoms with Crippen LogP contribution in [0, 0.1) is 0 Å². The molecule has 6 heteroatoms. The SMILES string of the molecule is COc1cccc(Cl)c1Cn1cc(C(=O)O)ccc1=O. The van der Waals surface area contributed by atoms with Crippen molar-refractivity contribution in [3.05, 3.63) is 63.0 Å². The van der Waals surface area contributed by atoms with Gasteiger partial charge in [0.2, 0.25) is 0 Å². The molecule has 0 saturated carbocycles. The molecule has 2 aromatic rings. The number of pyridine rings is 1. The minimum atomic E-state index is -1.09. The van der Waals surface area contributed by atoms with Crippen molar-refractivity contribution in [1.29, 1.82) is 0 Å². The standard InChI is InChI=1S/C14H12ClNO4/c1-20-12-4-2-3-11(15)10(12)8-16-7-9(14(18)19)5-6-13(16)17/h2-7H,8H2,1H3,(H,18,19). The summed E-state index contributed by atoms with van der Waals surface area (Å²) in [6.45, 7) is 0.142. The topological polar surface area (TPSA) is 68.5 Å². The van der Waals surface area contributed by atoms with Crippen LogP contribution in [0.2, 0.25) is 5.02 Å². The van der Waals surface area contributed by atoms with Gasteiger partial charge in [0.1, 0.15) is 5.75 Å². The first kappa shape index (κ1) is 14.1. The smallest absolute Gasteiger partial charge is 0.337 e. The molecule has 0 atom stereocenters. The molecule has 1 heterocycles. The lowest BCUT2D eigenvalue weighted by atomic mass is 10.2. The molecule has 1 aromatic carbocycles. The highest BCUT2D eigenvalue weighted by atomic mass is 35.5. The van der Waals surface area contributed by atoms with Crippen LogP contribution in [0.15, 0.2) is 41.3 Å². The number of hydrogen-bond acceptors (Lipinski definition) is 3. The zero-order chi connectivity index (χ0) is 14.7. The van der Waals surface area contributed by atoms with Crippen LogP contribution in [0.5, 0.6) is 5.75 Å². The fourth-order valence-corrected chi connectivity index (χ4v) is 2.06. The number of aromatic nitrogens is 1. The molecule has 2 rings (SSSR count). The molecule has 0 fully saturated rings. The van der Waals surface area contributed by atoms with Crippen LogP contribution in [0.1, 0.15) is 15.9 Å². The predicted octanol–water partition coefficient (Wildman–Crippen LogP) is 2.26. The van der Waals surface area contributed by atoms with Crippen molar-refractivity contribution in [2.75, 3.05) is 7.11 Å². The number of nitrogens with zero attached hydrogens (tertiary/aromatic N) is 1. The van der Waals surface area contributed by atoms with E-state index >= 15 is 0 Å². The van der Waals surface area contributed by atoms with Gasteiger partial charge >= 0.3 is 5.97 Å². The molecule has 0 amide bonds. The van der Waals surface area contributed by atoms with E-state index in [1.54, 1.807) is 18.2 Å². The number of ether oxygens (including phenoxy) is 1. The van der Waals surface area contributed by atoms with Crippen molar-refractivity contribution in [2.24, 2.45) is 0 Å². The van der Waals surface area contributed by atoms with Crippen molar-refractivity contribution in [2.45, 2.75) is 6.54 Å². The first-order chi connectivity index (χ1) is 9.52. The van der Waals surface area contributed by atoms with Crippen LogP contribution >= 0.6 is 11.6 Å². The molecule has 0 saturated heterocycles. The van der Waals surface area contributed by atoms with Gasteiger partial charge in [-0.15, -0.1) is 0 Å². The normalized spacial score (nSPS) is 10.3. The molecule has 1 aromatic heterocycles. The lowest BCUT2D eigenvalue weighted by molar-refractivity contribution is 0.0696. The highest BCUT2D eigenvalue weighted by Gasteiger charge is 2.11. The number of hydrogen-bond donors (Lipinski definition) is 1. The van der Waals surface area contributed by atoms with E-state index in [9.17, 15) is 9.59 Å². The third kappa shape index (κ3) is 2.83. The molecule has 0 bridgehead atoms. The van der Waals surface area contributed by atoms with Crippen LogP contribution < -0.4 is 10.3 Å². The zero-order valence-corrected chi connectivity index (χ0v) is 11.4. The molecular formula is C14H12ClNO4. The lowest BCUT2D eigenvalue weighted by Crippen LogP contribution is -2.21. The van der Waals surface area contributed by atoms with Crippen molar-refractivity contribution >= 4 is 17.6 Å². The average molecular weight is 294 g/mol. The highest BCUT2D eigenvalue weighted by Crippen LogP contribution is 2.26. The van der Waals surface area contributed by atoms with Gasteiger partial charge in [-0.3, -0.25) is 4.79 Å². The number of methoxy groups -OCH3 is 1. The van der Waals surface area contributed by atoms with Crippen LogP contribution in [-0.2, 0) is 6.54 Å². The predicted molar refractivity (Wildman–Crippen MR) is 74.8 cm³/mol. The number of benzene rings is 1. The Kier molecular flexibility index (Phi) is 4.10. The molecule has 0 aliphatic rings. The zero-order valence-electron chi connectivity index (χ0n) is 10.7. The maximum atomic E-state index is 11.8. The van der Waals surface area contributed by atoms with Crippen LogP contribution in [0.3, 0.4) is 0 Å². The van der Waals surface area contributed by atoms with E-state index in [0.717, 1.165) is 0 Å². The molecule has 0 spiro atoms. The van der Waals surface area contributed by atoms with E-state index in [4.69, 9.17) is 21.4 Å². The second kappa shape index (κ2) is 5.79. The summed E-state index contributed by atoms with van der Waals surface area (Å²) in [5.74, 6) is -0.546. The van der Waals surface area contributed by atoms with Gasteiger partial charge in [-0.2, -0.15) is 0 Å². The van der Waals surface area contributed by atoms with Gasteiger partial charge in [0.25, 0.3) is 5.56 Å². The van der Waals surface area contributed by atoms with Crippen molar-refractivity contribution in [3.63, 3.8) is 0 Å². The number of carboxylic acid groups (broad SMARTS) is 1. The summed E-state index contributed by atoms with van der Waals surface area (Å²) in [6.07, 6.45) is 1.29. The Balaban J connectivity index is 2.47. The van der Waals surface area contributed by atoms with E-state index in [2.05, 4.69) is 0 Å². The first-order valence-electron chi connectivity index (χ1n) is 5.78. The van der Waals surface area contributed by atoms with E-state index in [1.165, 1.54) is 30.0 Å². The molecular weight excluding hydrogens is 282 g/mol. The Morgan fingerprint density at radius 1 is 1.35 bits per heavy atom. The van der Waals surface area contributed by atoms with Gasteiger partial charge in [0, 0.05) is 22.8 Å². The molecule has 104 valence electrons. The van der Waals surface area contributed by atoms with Gasteiger partial charge in [0.05, 0.1) is 19.2 Å². The number of aromatic carboxylic acids is 1. The molecule has 0 aliphatic carbocycles. The summed E-state index contributed by atoms with van der Waals surface area (Å²) >= 11 is 6.10. The Hall–Kier alpha value is -2.27. The average Bonchev–Trinajstić information content (AvgIpc) is 2.42. The van der Waals surface area contributed by atoms with E-state index < -0.39 is 5.97 Å². The van der Waals surface area contributed by atoms with Gasteiger partial charge in [-0.05, 0) is 18.2 Å². The number of rotatable bonds is 4. The number of carboxylic acids is 1. The van der Waals surface area contributed by atoms with E-state index in [0.29, 0.717) is 16.3 Å². The van der Waals surface area contributed by atoms with Crippen LogP contribution in [0.25, 0.3) is 0 Å². The summed E-state index contributed by atoms with van der Waals surface area (Å²) in [7, 11) is 1.51. The minimum Gasteiger partial charge on any atom is -0.496 e. The van der Waals surface area contributed by atoms with Gasteiger partial charge in [0.15, 0.2) is 0 Å². The van der Waals surface area contributed by atoms with Gasteiger partial charge < -0.3 is 14.4 Å². The van der Waals surface area contributed by atoms with E-state index in [1.807, 2.05) is 0 Å². The Labute approximate surface area is 120 Å². The third-order valence-electron chi connectivity index (χ3n) is 2.85. The summed E-state index contributed by atoms with van der Waals surface area (Å²) in [4.78, 5) is 22.7. The lowest BCUT2D eigenvalue weighted by Gasteiger charge is -2.12. The Bertz CT molecular complexity index is 709. The molecule has 0 aliphatic heterocycles. The fourth-order valence-electron chi connectivity index (χ4n) is 1.84. The van der Waals surface area contributed by atoms with Gasteiger partial charge in [-0.25, -0.2) is 4.79 Å². The minimum absolute atomic E-state index is 0.0376. The summed E-state index contributed by atoms with van der Waals surface area (Å²) in [6, 6.07) is 7.64. The van der Waals surface area contributed by atoms with Crippen LogP contribution in [0.4, 0.5) is 0 Å². The first-order valence-corrected chi connectivity index (χ1v) is 6.16. The maximum absolute atomic E-state index is 11.8. The fraction of sp³-hybridized carbons (Fsp3) is 0.143. The molecule has 5 nitrogen and oxygen atoms in total. The summed E-state index contributed by atoms with van der Waals surface area (Å²) in [5.41, 5.74) is 0.355. The summed E-state index contributed by atoms with van der Waals surface area (Å²) in [5, 5.41) is 9.41. The molecule has 0 unspecified atom stereocenters. The Morgan fingerprint density at radius 2 is 2.10 bits per heavy atom. The molecule has 1 N–H and O–H groups in total. The third-order valence-corrected chi connectivity index (χ3v) is 3.21. The number of halogens is 1. The van der Waals surface area contributed by atoms with Crippen molar-refractivity contribution < 1.29 is 14.6 Å². The van der Waals surface area contributed by atoms with Gasteiger partial charge in [-0.1, -0.05) is 17.7 Å². The van der Waals surface area contributed by atoms with Crippen LogP contribution in [-0.4, -0.2) is 22.8 Å². The maximum Gasteiger partial charge on any atom is 0.337 e. The number of carbonyl (C=O) groups is 1. The van der Waals surface area contributed by atoms with E-state index in [-0.39, 0.29) is 17.7 Å². The quantitative estimate of drug-likeness (QED) is 0.939. The summed E-state index contributed by atoms with van der Waals surface area (Å²) < 4.78 is 6.48. The highest BCUT2D eigenvalue weighted by molar-refractivity contribution is 6.31. The van der Waals surface area contributed by atoms with Crippen molar-refractivity contribution in [3.8, 4) is 5.75 Å². The Morgan fingerprint density at radius 3 is 2.75 bits per heavy atom. The monoisotopic (exact) mass is 293 g/mol.